The minimum atomic E-state index is 0.291. The average Bonchev–Trinajstić information content (AvgIpc) is 2.69. The molecule has 3 aromatic rings. The number of hydrogen-bond donors (Lipinski definition) is 1. The molecular formula is C19H21N7. The first-order chi connectivity index (χ1) is 12.8. The van der Waals surface area contributed by atoms with Crippen LogP contribution < -0.4 is 10.2 Å². The fourth-order valence-electron chi connectivity index (χ4n) is 3.32. The molecule has 4 heterocycles. The van der Waals surface area contributed by atoms with Gasteiger partial charge in [-0.25, -0.2) is 19.9 Å². The Morgan fingerprint density at radius 1 is 1.04 bits per heavy atom. The highest BCUT2D eigenvalue weighted by atomic mass is 15.2. The van der Waals surface area contributed by atoms with Crippen LogP contribution in [0.5, 0.6) is 0 Å². The van der Waals surface area contributed by atoms with E-state index in [9.17, 15) is 0 Å². The lowest BCUT2D eigenvalue weighted by molar-refractivity contribution is 0.498. The number of rotatable bonds is 4. The SMILES string of the molecule is Cc1cc(N2CCC[C@H](c3nccnc3Nc3ccccn3)C2)ncn1. The van der Waals surface area contributed by atoms with Crippen molar-refractivity contribution in [2.45, 2.75) is 25.7 Å². The van der Waals surface area contributed by atoms with Crippen LogP contribution in [0.3, 0.4) is 0 Å². The number of aromatic nitrogens is 5. The number of aryl methyl sites for hydroxylation is 1. The first kappa shape index (κ1) is 16.4. The summed E-state index contributed by atoms with van der Waals surface area (Å²) < 4.78 is 0. The molecule has 0 unspecified atom stereocenters. The van der Waals surface area contributed by atoms with Gasteiger partial charge in [-0.3, -0.25) is 4.98 Å². The highest BCUT2D eigenvalue weighted by molar-refractivity contribution is 5.55. The van der Waals surface area contributed by atoms with E-state index in [2.05, 4.69) is 35.1 Å². The third-order valence-electron chi connectivity index (χ3n) is 4.56. The lowest BCUT2D eigenvalue weighted by Gasteiger charge is -2.33. The molecule has 1 saturated heterocycles. The molecule has 0 aromatic carbocycles. The van der Waals surface area contributed by atoms with Crippen molar-refractivity contribution in [3.63, 3.8) is 0 Å². The van der Waals surface area contributed by atoms with Gasteiger partial charge < -0.3 is 10.2 Å². The number of anilines is 3. The minimum Gasteiger partial charge on any atom is -0.356 e. The van der Waals surface area contributed by atoms with Crippen LogP contribution in [-0.4, -0.2) is 38.0 Å². The van der Waals surface area contributed by atoms with Crippen molar-refractivity contribution in [1.29, 1.82) is 0 Å². The van der Waals surface area contributed by atoms with Crippen LogP contribution in [-0.2, 0) is 0 Å². The Labute approximate surface area is 152 Å². The van der Waals surface area contributed by atoms with Gasteiger partial charge in [0.2, 0.25) is 0 Å². The first-order valence-electron chi connectivity index (χ1n) is 8.82. The molecular weight excluding hydrogens is 326 g/mol. The predicted octanol–water partition coefficient (Wildman–Crippen LogP) is 3.10. The summed E-state index contributed by atoms with van der Waals surface area (Å²) in [6, 6.07) is 7.80. The molecule has 1 fully saturated rings. The Morgan fingerprint density at radius 3 is 2.81 bits per heavy atom. The molecule has 4 rings (SSSR count). The highest BCUT2D eigenvalue weighted by Gasteiger charge is 2.26. The Kier molecular flexibility index (Phi) is 4.68. The van der Waals surface area contributed by atoms with Crippen molar-refractivity contribution in [2.24, 2.45) is 0 Å². The summed E-state index contributed by atoms with van der Waals surface area (Å²) in [5.41, 5.74) is 1.96. The molecule has 0 saturated carbocycles. The van der Waals surface area contributed by atoms with Crippen molar-refractivity contribution in [2.75, 3.05) is 23.3 Å². The second kappa shape index (κ2) is 7.43. The largest absolute Gasteiger partial charge is 0.356 e. The number of piperidine rings is 1. The molecule has 1 aliphatic rings. The van der Waals surface area contributed by atoms with E-state index in [0.717, 1.165) is 54.8 Å². The maximum absolute atomic E-state index is 4.63. The van der Waals surface area contributed by atoms with Gasteiger partial charge in [-0.1, -0.05) is 6.07 Å². The number of nitrogens with zero attached hydrogens (tertiary/aromatic N) is 6. The zero-order valence-electron chi connectivity index (χ0n) is 14.7. The van der Waals surface area contributed by atoms with Crippen LogP contribution >= 0.6 is 0 Å². The summed E-state index contributed by atoms with van der Waals surface area (Å²) in [5, 5.41) is 3.30. The average molecular weight is 347 g/mol. The smallest absolute Gasteiger partial charge is 0.153 e. The zero-order valence-corrected chi connectivity index (χ0v) is 14.7. The molecule has 0 amide bonds. The van der Waals surface area contributed by atoms with Gasteiger partial charge >= 0.3 is 0 Å². The third kappa shape index (κ3) is 3.61. The first-order valence-corrected chi connectivity index (χ1v) is 8.82. The van der Waals surface area contributed by atoms with Gasteiger partial charge in [0.1, 0.15) is 18.0 Å². The standard InChI is InChI=1S/C19H21N7/c1-14-11-17(24-13-23-14)26-10-4-5-15(12-26)18-19(22-9-8-21-18)25-16-6-2-3-7-20-16/h2-3,6-9,11,13,15H,4-5,10,12H2,1H3,(H,20,22,25)/t15-/m0/s1. The van der Waals surface area contributed by atoms with Crippen LogP contribution in [0.15, 0.2) is 49.2 Å². The monoisotopic (exact) mass is 347 g/mol. The Bertz CT molecular complexity index is 869. The number of pyridine rings is 1. The summed E-state index contributed by atoms with van der Waals surface area (Å²) in [7, 11) is 0. The van der Waals surface area contributed by atoms with Crippen LogP contribution in [0.1, 0.15) is 30.1 Å². The van der Waals surface area contributed by atoms with Crippen molar-refractivity contribution in [1.82, 2.24) is 24.9 Å². The molecule has 132 valence electrons. The van der Waals surface area contributed by atoms with Crippen molar-refractivity contribution in [3.05, 3.63) is 60.6 Å². The van der Waals surface area contributed by atoms with Gasteiger partial charge in [-0.2, -0.15) is 0 Å². The number of nitrogens with one attached hydrogen (secondary N) is 1. The van der Waals surface area contributed by atoms with E-state index < -0.39 is 0 Å². The van der Waals surface area contributed by atoms with Crippen LogP contribution in [0, 0.1) is 6.92 Å². The van der Waals surface area contributed by atoms with Crippen LogP contribution in [0.4, 0.5) is 17.5 Å². The molecule has 0 bridgehead atoms. The van der Waals surface area contributed by atoms with Crippen molar-refractivity contribution < 1.29 is 0 Å². The highest BCUT2D eigenvalue weighted by Crippen LogP contribution is 2.31. The lowest BCUT2D eigenvalue weighted by Crippen LogP contribution is -2.35. The third-order valence-corrected chi connectivity index (χ3v) is 4.56. The molecule has 1 N–H and O–H groups in total. The zero-order chi connectivity index (χ0) is 17.8. The molecule has 0 spiro atoms. The molecule has 1 aliphatic heterocycles. The summed E-state index contributed by atoms with van der Waals surface area (Å²) in [4.78, 5) is 24.4. The van der Waals surface area contributed by atoms with Gasteiger partial charge in [-0.05, 0) is 31.9 Å². The molecule has 26 heavy (non-hydrogen) atoms. The quantitative estimate of drug-likeness (QED) is 0.777. The fourth-order valence-corrected chi connectivity index (χ4v) is 3.32. The maximum Gasteiger partial charge on any atom is 0.153 e. The predicted molar refractivity (Wildman–Crippen MR) is 101 cm³/mol. The summed E-state index contributed by atoms with van der Waals surface area (Å²) in [5.74, 6) is 2.81. The van der Waals surface area contributed by atoms with Gasteiger partial charge in [0, 0.05) is 49.4 Å². The van der Waals surface area contributed by atoms with Crippen molar-refractivity contribution in [3.8, 4) is 0 Å². The molecule has 3 aromatic heterocycles. The van der Waals surface area contributed by atoms with Crippen molar-refractivity contribution >= 4 is 17.5 Å². The van der Waals surface area contributed by atoms with Gasteiger partial charge in [0.25, 0.3) is 0 Å². The number of hydrogen-bond acceptors (Lipinski definition) is 7. The van der Waals surface area contributed by atoms with E-state index in [0.29, 0.717) is 5.92 Å². The second-order valence-corrected chi connectivity index (χ2v) is 6.43. The molecule has 0 aliphatic carbocycles. The topological polar surface area (TPSA) is 79.7 Å². The molecule has 7 nitrogen and oxygen atoms in total. The van der Waals surface area contributed by atoms with E-state index in [4.69, 9.17) is 0 Å². The normalized spacial score (nSPS) is 17.1. The Morgan fingerprint density at radius 2 is 1.96 bits per heavy atom. The van der Waals surface area contributed by atoms with E-state index in [-0.39, 0.29) is 0 Å². The lowest BCUT2D eigenvalue weighted by atomic mass is 9.94. The second-order valence-electron chi connectivity index (χ2n) is 6.43. The van der Waals surface area contributed by atoms with E-state index in [1.54, 1.807) is 24.9 Å². The Balaban J connectivity index is 1.57. The fraction of sp³-hybridized carbons (Fsp3) is 0.316. The van der Waals surface area contributed by atoms with Crippen LogP contribution in [0.2, 0.25) is 0 Å². The summed E-state index contributed by atoms with van der Waals surface area (Å²) in [6.07, 6.45) is 9.03. The van der Waals surface area contributed by atoms with Crippen LogP contribution in [0.25, 0.3) is 0 Å². The minimum absolute atomic E-state index is 0.291. The van der Waals surface area contributed by atoms with Gasteiger partial charge in [0.05, 0.1) is 5.69 Å². The maximum atomic E-state index is 4.63. The Hall–Kier alpha value is -3.09. The van der Waals surface area contributed by atoms with Gasteiger partial charge in [-0.15, -0.1) is 0 Å². The van der Waals surface area contributed by atoms with E-state index in [1.165, 1.54) is 0 Å². The van der Waals surface area contributed by atoms with E-state index in [1.807, 2.05) is 31.2 Å². The van der Waals surface area contributed by atoms with Gasteiger partial charge in [0.15, 0.2) is 5.82 Å². The molecule has 1 atom stereocenters. The van der Waals surface area contributed by atoms with E-state index >= 15 is 0 Å². The summed E-state index contributed by atoms with van der Waals surface area (Å²) >= 11 is 0. The molecule has 0 radical (unpaired) electrons. The molecule has 7 heteroatoms. The summed E-state index contributed by atoms with van der Waals surface area (Å²) in [6.45, 7) is 3.85.